The van der Waals surface area contributed by atoms with E-state index >= 15 is 0 Å². The van der Waals surface area contributed by atoms with Crippen LogP contribution in [0.4, 0.5) is 0 Å². The Balaban J connectivity index is 2.08. The van der Waals surface area contributed by atoms with E-state index in [1.807, 2.05) is 26.1 Å². The van der Waals surface area contributed by atoms with Crippen molar-refractivity contribution in [2.24, 2.45) is 12.8 Å². The van der Waals surface area contributed by atoms with E-state index in [0.29, 0.717) is 11.5 Å². The van der Waals surface area contributed by atoms with Gasteiger partial charge in [0.2, 0.25) is 0 Å². The van der Waals surface area contributed by atoms with Crippen molar-refractivity contribution in [3.8, 4) is 11.5 Å². The summed E-state index contributed by atoms with van der Waals surface area (Å²) < 4.78 is 7.27. The molecule has 2 aromatic heterocycles. The van der Waals surface area contributed by atoms with Crippen LogP contribution in [0.1, 0.15) is 25.1 Å². The minimum absolute atomic E-state index is 0.0116. The van der Waals surface area contributed by atoms with Crippen molar-refractivity contribution in [3.63, 3.8) is 0 Å². The van der Waals surface area contributed by atoms with Gasteiger partial charge in [-0.15, -0.1) is 0 Å². The van der Waals surface area contributed by atoms with E-state index in [-0.39, 0.29) is 6.04 Å². The molecule has 0 saturated carbocycles. The molecule has 2 rings (SSSR count). The fourth-order valence-electron chi connectivity index (χ4n) is 1.47. The second kappa shape index (κ2) is 4.97. The van der Waals surface area contributed by atoms with E-state index in [4.69, 9.17) is 10.5 Å². The van der Waals surface area contributed by atoms with Crippen LogP contribution in [-0.4, -0.2) is 14.8 Å². The second-order valence-corrected chi connectivity index (χ2v) is 3.89. The van der Waals surface area contributed by atoms with Gasteiger partial charge in [0.05, 0.1) is 24.3 Å². The summed E-state index contributed by atoms with van der Waals surface area (Å²) >= 11 is 0. The number of aryl methyl sites for hydroxylation is 1. The summed E-state index contributed by atoms with van der Waals surface area (Å²) in [5.74, 6) is 1.38. The monoisotopic (exact) mass is 232 g/mol. The Labute approximate surface area is 100 Å². The van der Waals surface area contributed by atoms with E-state index < -0.39 is 0 Å². The fourth-order valence-corrected chi connectivity index (χ4v) is 1.47. The molecule has 90 valence electrons. The first-order valence-electron chi connectivity index (χ1n) is 5.57. The van der Waals surface area contributed by atoms with Crippen LogP contribution in [0.5, 0.6) is 11.5 Å². The van der Waals surface area contributed by atoms with Crippen LogP contribution in [0.2, 0.25) is 0 Å². The summed E-state index contributed by atoms with van der Waals surface area (Å²) in [5.41, 5.74) is 6.76. The number of pyridine rings is 1. The summed E-state index contributed by atoms with van der Waals surface area (Å²) in [6.45, 7) is 2.03. The largest absolute Gasteiger partial charge is 0.452 e. The Bertz CT molecular complexity index is 478. The van der Waals surface area contributed by atoms with Crippen LogP contribution in [0.3, 0.4) is 0 Å². The first-order valence-corrected chi connectivity index (χ1v) is 5.57. The van der Waals surface area contributed by atoms with Gasteiger partial charge in [-0.05, 0) is 18.6 Å². The van der Waals surface area contributed by atoms with Crippen molar-refractivity contribution in [3.05, 3.63) is 36.4 Å². The highest BCUT2D eigenvalue weighted by molar-refractivity contribution is 5.27. The third-order valence-corrected chi connectivity index (χ3v) is 2.50. The van der Waals surface area contributed by atoms with Crippen molar-refractivity contribution in [1.82, 2.24) is 14.8 Å². The molecule has 0 aliphatic heterocycles. The maximum absolute atomic E-state index is 5.88. The molecule has 0 unspecified atom stereocenters. The second-order valence-electron chi connectivity index (χ2n) is 3.89. The van der Waals surface area contributed by atoms with Gasteiger partial charge >= 0.3 is 0 Å². The number of nitrogens with zero attached hydrogens (tertiary/aromatic N) is 3. The molecule has 5 nitrogen and oxygen atoms in total. The zero-order valence-corrected chi connectivity index (χ0v) is 10.00. The predicted octanol–water partition coefficient (Wildman–Crippen LogP) is 2.02. The normalized spacial score (nSPS) is 12.4. The molecule has 0 aromatic carbocycles. The summed E-state index contributed by atoms with van der Waals surface area (Å²) in [7, 11) is 1.84. The van der Waals surface area contributed by atoms with Crippen LogP contribution in [0.25, 0.3) is 0 Å². The van der Waals surface area contributed by atoms with Gasteiger partial charge in [-0.1, -0.05) is 6.92 Å². The lowest BCUT2D eigenvalue weighted by Crippen LogP contribution is -2.10. The quantitative estimate of drug-likeness (QED) is 0.875. The number of nitrogens with two attached hydrogens (primary N) is 1. The van der Waals surface area contributed by atoms with Gasteiger partial charge in [-0.3, -0.25) is 9.67 Å². The molecule has 0 radical (unpaired) electrons. The van der Waals surface area contributed by atoms with Crippen molar-refractivity contribution in [2.45, 2.75) is 19.4 Å². The highest BCUT2D eigenvalue weighted by atomic mass is 16.5. The summed E-state index contributed by atoms with van der Waals surface area (Å²) in [6, 6.07) is 3.74. The highest BCUT2D eigenvalue weighted by Crippen LogP contribution is 2.21. The Kier molecular flexibility index (Phi) is 3.39. The molecule has 0 fully saturated rings. The minimum atomic E-state index is -0.0116. The fraction of sp³-hybridized carbons (Fsp3) is 0.333. The topological polar surface area (TPSA) is 66.0 Å². The molecular formula is C12H16N4O. The Morgan fingerprint density at radius 1 is 1.35 bits per heavy atom. The number of hydrogen-bond acceptors (Lipinski definition) is 4. The van der Waals surface area contributed by atoms with Crippen LogP contribution in [-0.2, 0) is 7.05 Å². The number of aromatic nitrogens is 3. The summed E-state index contributed by atoms with van der Waals surface area (Å²) in [5, 5.41) is 4.02. The molecule has 0 saturated heterocycles. The molecule has 1 atom stereocenters. The average Bonchev–Trinajstić information content (AvgIpc) is 2.75. The predicted molar refractivity (Wildman–Crippen MR) is 64.7 cm³/mol. The standard InChI is InChI=1S/C12H16N4O/c1-3-11(13)12-5-4-9(6-14-12)17-10-7-15-16(2)8-10/h4-8,11H,3,13H2,1-2H3/t11-/m0/s1. The number of ether oxygens (including phenoxy) is 1. The molecule has 2 N–H and O–H groups in total. The molecule has 2 heterocycles. The smallest absolute Gasteiger partial charge is 0.165 e. The molecule has 0 spiro atoms. The third-order valence-electron chi connectivity index (χ3n) is 2.50. The summed E-state index contributed by atoms with van der Waals surface area (Å²) in [6.07, 6.45) is 6.01. The van der Waals surface area contributed by atoms with Crippen molar-refractivity contribution in [1.29, 1.82) is 0 Å². The molecule has 0 aliphatic carbocycles. The van der Waals surface area contributed by atoms with Gasteiger partial charge in [0.1, 0.15) is 5.75 Å². The van der Waals surface area contributed by atoms with E-state index in [9.17, 15) is 0 Å². The van der Waals surface area contributed by atoms with E-state index in [1.165, 1.54) is 0 Å². The van der Waals surface area contributed by atoms with E-state index in [1.54, 1.807) is 23.3 Å². The zero-order chi connectivity index (χ0) is 12.3. The van der Waals surface area contributed by atoms with Crippen molar-refractivity contribution in [2.75, 3.05) is 0 Å². The van der Waals surface area contributed by atoms with Gasteiger partial charge in [-0.25, -0.2) is 0 Å². The lowest BCUT2D eigenvalue weighted by atomic mass is 10.1. The van der Waals surface area contributed by atoms with Crippen LogP contribution in [0, 0.1) is 0 Å². The first-order chi connectivity index (χ1) is 8.19. The SMILES string of the molecule is CC[C@H](N)c1ccc(Oc2cnn(C)c2)cn1. The maximum Gasteiger partial charge on any atom is 0.165 e. The highest BCUT2D eigenvalue weighted by Gasteiger charge is 2.05. The van der Waals surface area contributed by atoms with Gasteiger partial charge in [0.25, 0.3) is 0 Å². The lowest BCUT2D eigenvalue weighted by molar-refractivity contribution is 0.478. The Hall–Kier alpha value is -1.88. The minimum Gasteiger partial charge on any atom is -0.452 e. The van der Waals surface area contributed by atoms with Gasteiger partial charge in [0.15, 0.2) is 5.75 Å². The Morgan fingerprint density at radius 3 is 2.71 bits per heavy atom. The molecule has 2 aromatic rings. The van der Waals surface area contributed by atoms with Gasteiger partial charge in [-0.2, -0.15) is 5.10 Å². The lowest BCUT2D eigenvalue weighted by Gasteiger charge is -2.08. The number of hydrogen-bond donors (Lipinski definition) is 1. The van der Waals surface area contributed by atoms with Crippen molar-refractivity contribution >= 4 is 0 Å². The van der Waals surface area contributed by atoms with Gasteiger partial charge in [0, 0.05) is 13.1 Å². The van der Waals surface area contributed by atoms with Crippen LogP contribution in [0.15, 0.2) is 30.7 Å². The first kappa shape index (κ1) is 11.6. The molecule has 0 amide bonds. The van der Waals surface area contributed by atoms with Crippen LogP contribution >= 0.6 is 0 Å². The molecule has 17 heavy (non-hydrogen) atoms. The molecule has 5 heteroatoms. The average molecular weight is 232 g/mol. The summed E-state index contributed by atoms with van der Waals surface area (Å²) in [4.78, 5) is 4.28. The number of rotatable bonds is 4. The molecule has 0 aliphatic rings. The van der Waals surface area contributed by atoms with Gasteiger partial charge < -0.3 is 10.5 Å². The maximum atomic E-state index is 5.88. The zero-order valence-electron chi connectivity index (χ0n) is 10.00. The third kappa shape index (κ3) is 2.82. The van der Waals surface area contributed by atoms with E-state index in [2.05, 4.69) is 10.1 Å². The van der Waals surface area contributed by atoms with Crippen LogP contribution < -0.4 is 10.5 Å². The van der Waals surface area contributed by atoms with Crippen molar-refractivity contribution < 1.29 is 4.74 Å². The molecule has 0 bridgehead atoms. The Morgan fingerprint density at radius 2 is 2.18 bits per heavy atom. The molecular weight excluding hydrogens is 216 g/mol. The van der Waals surface area contributed by atoms with E-state index in [0.717, 1.165) is 12.1 Å².